The third-order valence-corrected chi connectivity index (χ3v) is 7.15. The van der Waals surface area contributed by atoms with E-state index in [4.69, 9.17) is 4.74 Å². The maximum atomic E-state index is 13.1. The molecule has 0 spiro atoms. The smallest absolute Gasteiger partial charge is 0.312 e. The molecule has 1 N–H and O–H groups in total. The van der Waals surface area contributed by atoms with Gasteiger partial charge in [0.1, 0.15) is 0 Å². The summed E-state index contributed by atoms with van der Waals surface area (Å²) in [6.45, 7) is 8.06. The van der Waals surface area contributed by atoms with E-state index in [-0.39, 0.29) is 17.2 Å². The van der Waals surface area contributed by atoms with Crippen LogP contribution in [0.3, 0.4) is 0 Å². The quantitative estimate of drug-likeness (QED) is 0.616. The Kier molecular flexibility index (Phi) is 4.50. The summed E-state index contributed by atoms with van der Waals surface area (Å²) in [6.07, 6.45) is 4.02. The average Bonchev–Trinajstić information content (AvgIpc) is 2.58. The van der Waals surface area contributed by atoms with Crippen LogP contribution in [-0.2, 0) is 14.9 Å². The monoisotopic (exact) mass is 384 g/mol. The molecular weight excluding hydrogens is 352 g/mol. The lowest BCUT2D eigenvalue weighted by Gasteiger charge is -2.58. The summed E-state index contributed by atoms with van der Waals surface area (Å²) >= 11 is 0. The second-order valence-electron chi connectivity index (χ2n) is 10.7. The standard InChI is InChI=1S/C24H32O4/c1-15(20(25)18-5-7-19(8-6-18)22(2,3)4)28-21(26)23-10-16-9-17(11-23)13-24(27,12-16)14-23/h5-8,15-17,27H,9-14H2,1-4H3/t15-,16-,17+,23?,24?/m0/s1. The molecule has 0 radical (unpaired) electrons. The van der Waals surface area contributed by atoms with E-state index < -0.39 is 17.1 Å². The molecule has 4 aliphatic carbocycles. The number of carbonyl (C=O) groups excluding carboxylic acids is 2. The van der Waals surface area contributed by atoms with Crippen molar-refractivity contribution in [1.29, 1.82) is 0 Å². The number of hydrogen-bond acceptors (Lipinski definition) is 4. The number of benzene rings is 1. The van der Waals surface area contributed by atoms with Gasteiger partial charge in [0.15, 0.2) is 6.10 Å². The topological polar surface area (TPSA) is 63.6 Å². The Morgan fingerprint density at radius 3 is 2.14 bits per heavy atom. The Morgan fingerprint density at radius 2 is 1.64 bits per heavy atom. The highest BCUT2D eigenvalue weighted by Gasteiger charge is 2.61. The largest absolute Gasteiger partial charge is 0.454 e. The van der Waals surface area contributed by atoms with Crippen molar-refractivity contribution in [3.8, 4) is 0 Å². The maximum Gasteiger partial charge on any atom is 0.312 e. The van der Waals surface area contributed by atoms with Crippen molar-refractivity contribution >= 4 is 11.8 Å². The van der Waals surface area contributed by atoms with E-state index in [0.717, 1.165) is 37.7 Å². The van der Waals surface area contributed by atoms with Crippen LogP contribution in [0.15, 0.2) is 24.3 Å². The van der Waals surface area contributed by atoms with E-state index in [1.807, 2.05) is 24.3 Å². The highest BCUT2D eigenvalue weighted by Crippen LogP contribution is 2.62. The summed E-state index contributed by atoms with van der Waals surface area (Å²) in [5.41, 5.74) is 0.453. The van der Waals surface area contributed by atoms with E-state index in [2.05, 4.69) is 20.8 Å². The van der Waals surface area contributed by atoms with E-state index in [0.29, 0.717) is 23.8 Å². The van der Waals surface area contributed by atoms with Crippen LogP contribution in [0.5, 0.6) is 0 Å². The van der Waals surface area contributed by atoms with Gasteiger partial charge in [-0.3, -0.25) is 9.59 Å². The predicted octanol–water partition coefficient (Wildman–Crippen LogP) is 4.43. The second kappa shape index (κ2) is 6.41. The third kappa shape index (κ3) is 3.41. The van der Waals surface area contributed by atoms with Crippen LogP contribution in [-0.4, -0.2) is 28.6 Å². The zero-order chi connectivity index (χ0) is 20.3. The van der Waals surface area contributed by atoms with E-state index >= 15 is 0 Å². The maximum absolute atomic E-state index is 13.1. The molecule has 4 aliphatic rings. The van der Waals surface area contributed by atoms with Crippen molar-refractivity contribution in [2.45, 2.75) is 83.3 Å². The Morgan fingerprint density at radius 1 is 1.07 bits per heavy atom. The molecule has 152 valence electrons. The first-order valence-corrected chi connectivity index (χ1v) is 10.6. The van der Waals surface area contributed by atoms with Crippen molar-refractivity contribution < 1.29 is 19.4 Å². The third-order valence-electron chi connectivity index (χ3n) is 7.15. The molecule has 28 heavy (non-hydrogen) atoms. The van der Waals surface area contributed by atoms with Gasteiger partial charge >= 0.3 is 5.97 Å². The number of Topliss-reactive ketones (excluding diaryl/α,β-unsaturated/α-hetero) is 1. The molecule has 0 aromatic heterocycles. The van der Waals surface area contributed by atoms with Gasteiger partial charge < -0.3 is 9.84 Å². The van der Waals surface area contributed by atoms with Crippen molar-refractivity contribution in [3.63, 3.8) is 0 Å². The Bertz CT molecular complexity index is 772. The minimum Gasteiger partial charge on any atom is -0.454 e. The van der Waals surface area contributed by atoms with Crippen molar-refractivity contribution in [2.75, 3.05) is 0 Å². The first-order valence-electron chi connectivity index (χ1n) is 10.6. The zero-order valence-electron chi connectivity index (χ0n) is 17.5. The molecule has 2 unspecified atom stereocenters. The van der Waals surface area contributed by atoms with E-state index in [1.165, 1.54) is 0 Å². The summed E-state index contributed by atoms with van der Waals surface area (Å²) in [5, 5.41) is 10.9. The minimum atomic E-state index is -0.810. The average molecular weight is 385 g/mol. The molecule has 5 rings (SSSR count). The molecule has 4 nitrogen and oxygen atoms in total. The molecule has 0 aliphatic heterocycles. The van der Waals surface area contributed by atoms with Crippen LogP contribution in [0.4, 0.5) is 0 Å². The molecule has 0 heterocycles. The number of aliphatic hydroxyl groups is 1. The van der Waals surface area contributed by atoms with Crippen LogP contribution < -0.4 is 0 Å². The van der Waals surface area contributed by atoms with Gasteiger partial charge in [0, 0.05) is 5.56 Å². The summed E-state index contributed by atoms with van der Waals surface area (Å²) in [5.74, 6) is 0.369. The van der Waals surface area contributed by atoms with Gasteiger partial charge in [-0.15, -0.1) is 0 Å². The van der Waals surface area contributed by atoms with Gasteiger partial charge in [-0.1, -0.05) is 45.0 Å². The van der Waals surface area contributed by atoms with Crippen LogP contribution in [0.2, 0.25) is 0 Å². The van der Waals surface area contributed by atoms with E-state index in [1.54, 1.807) is 6.92 Å². The van der Waals surface area contributed by atoms with Gasteiger partial charge in [-0.2, -0.15) is 0 Å². The fourth-order valence-electron chi connectivity index (χ4n) is 6.16. The first kappa shape index (κ1) is 19.6. The van der Waals surface area contributed by atoms with Gasteiger partial charge in [0.25, 0.3) is 0 Å². The molecular formula is C24H32O4. The first-order chi connectivity index (χ1) is 13.0. The molecule has 4 saturated carbocycles. The van der Waals surface area contributed by atoms with Crippen LogP contribution in [0.1, 0.15) is 82.1 Å². The Hall–Kier alpha value is -1.68. The van der Waals surface area contributed by atoms with Crippen LogP contribution in [0.25, 0.3) is 0 Å². The molecule has 1 aromatic rings. The van der Waals surface area contributed by atoms with Crippen molar-refractivity contribution in [1.82, 2.24) is 0 Å². The zero-order valence-corrected chi connectivity index (χ0v) is 17.5. The second-order valence-corrected chi connectivity index (χ2v) is 10.7. The van der Waals surface area contributed by atoms with Gasteiger partial charge in [-0.05, 0) is 68.3 Å². The highest BCUT2D eigenvalue weighted by atomic mass is 16.5. The summed E-state index contributed by atoms with van der Waals surface area (Å²) in [7, 11) is 0. The molecule has 0 amide bonds. The number of esters is 1. The van der Waals surface area contributed by atoms with Gasteiger partial charge in [0.05, 0.1) is 11.0 Å². The Balaban J connectivity index is 1.45. The molecule has 1 aromatic carbocycles. The lowest BCUT2D eigenvalue weighted by Crippen LogP contribution is -2.58. The summed E-state index contributed by atoms with van der Waals surface area (Å²) < 4.78 is 5.69. The fraction of sp³-hybridized carbons (Fsp3) is 0.667. The molecule has 5 atom stereocenters. The predicted molar refractivity (Wildman–Crippen MR) is 107 cm³/mol. The molecule has 4 bridgehead atoms. The van der Waals surface area contributed by atoms with Crippen LogP contribution in [0, 0.1) is 17.3 Å². The lowest BCUT2D eigenvalue weighted by molar-refractivity contribution is -0.197. The summed E-state index contributed by atoms with van der Waals surface area (Å²) in [6, 6.07) is 7.58. The summed E-state index contributed by atoms with van der Waals surface area (Å²) in [4.78, 5) is 25.9. The fourth-order valence-corrected chi connectivity index (χ4v) is 6.16. The number of ether oxygens (including phenoxy) is 1. The number of rotatable bonds is 4. The van der Waals surface area contributed by atoms with E-state index in [9.17, 15) is 14.7 Å². The van der Waals surface area contributed by atoms with Gasteiger partial charge in [0.2, 0.25) is 5.78 Å². The normalized spacial score (nSPS) is 34.9. The number of ketones is 1. The molecule has 4 fully saturated rings. The Labute approximate surface area is 167 Å². The highest BCUT2D eigenvalue weighted by molar-refractivity contribution is 6.00. The molecule has 0 saturated heterocycles. The van der Waals surface area contributed by atoms with Gasteiger partial charge in [-0.25, -0.2) is 0 Å². The minimum absolute atomic E-state index is 0.0262. The number of carbonyl (C=O) groups is 2. The molecule has 4 heteroatoms. The lowest BCUT2D eigenvalue weighted by atomic mass is 9.48. The number of hydrogen-bond donors (Lipinski definition) is 1. The van der Waals surface area contributed by atoms with Crippen LogP contribution >= 0.6 is 0 Å². The van der Waals surface area contributed by atoms with Crippen molar-refractivity contribution in [3.05, 3.63) is 35.4 Å². The van der Waals surface area contributed by atoms with Crippen molar-refractivity contribution in [2.24, 2.45) is 17.3 Å². The SMILES string of the molecule is C[C@H](OC(=O)C12C[C@@H]3C[C@@H](CC(O)(C3)C1)C2)C(=O)c1ccc(C(C)(C)C)cc1.